The summed E-state index contributed by atoms with van der Waals surface area (Å²) in [5, 5.41) is 0. The molecular formula is C16H20N2O2. The van der Waals surface area contributed by atoms with E-state index in [0.717, 1.165) is 18.5 Å². The van der Waals surface area contributed by atoms with Gasteiger partial charge in [-0.15, -0.1) is 0 Å². The third kappa shape index (κ3) is 2.19. The molecule has 0 bridgehead atoms. The molecule has 1 fully saturated rings. The van der Waals surface area contributed by atoms with Crippen molar-refractivity contribution in [2.24, 2.45) is 5.92 Å². The molecule has 0 N–H and O–H groups in total. The number of carbonyl (C=O) groups is 2. The van der Waals surface area contributed by atoms with Crippen LogP contribution in [0.15, 0.2) is 18.2 Å². The van der Waals surface area contributed by atoms with Gasteiger partial charge in [0.1, 0.15) is 0 Å². The number of nitrogens with zero attached hydrogens (tertiary/aromatic N) is 2. The van der Waals surface area contributed by atoms with Crippen molar-refractivity contribution in [2.45, 2.75) is 25.7 Å². The van der Waals surface area contributed by atoms with E-state index in [4.69, 9.17) is 0 Å². The summed E-state index contributed by atoms with van der Waals surface area (Å²) in [6.45, 7) is 0.509. The summed E-state index contributed by atoms with van der Waals surface area (Å²) in [6.07, 6.45) is 3.78. The van der Waals surface area contributed by atoms with Crippen molar-refractivity contribution in [3.63, 3.8) is 0 Å². The highest BCUT2D eigenvalue weighted by atomic mass is 16.2. The smallest absolute Gasteiger partial charge is 0.227 e. The largest absolute Gasteiger partial charge is 0.349 e. The molecule has 0 aromatic heterocycles. The van der Waals surface area contributed by atoms with Crippen molar-refractivity contribution in [1.29, 1.82) is 0 Å². The topological polar surface area (TPSA) is 40.6 Å². The lowest BCUT2D eigenvalue weighted by molar-refractivity contribution is -0.133. The number of amides is 2. The van der Waals surface area contributed by atoms with Crippen molar-refractivity contribution in [3.05, 3.63) is 29.3 Å². The molecule has 3 rings (SSSR count). The first-order valence-corrected chi connectivity index (χ1v) is 7.19. The number of hydrogen-bond acceptors (Lipinski definition) is 2. The molecule has 0 saturated carbocycles. The van der Waals surface area contributed by atoms with E-state index in [1.54, 1.807) is 23.9 Å². The second-order valence-corrected chi connectivity index (χ2v) is 5.94. The van der Waals surface area contributed by atoms with Crippen LogP contribution >= 0.6 is 0 Å². The predicted octanol–water partition coefficient (Wildman–Crippen LogP) is 1.62. The molecule has 1 unspecified atom stereocenters. The Kier molecular flexibility index (Phi) is 3.24. The summed E-state index contributed by atoms with van der Waals surface area (Å²) in [7, 11) is 3.48. The number of fused-ring (bicyclic) bond motifs is 1. The van der Waals surface area contributed by atoms with Gasteiger partial charge in [-0.25, -0.2) is 0 Å². The minimum Gasteiger partial charge on any atom is -0.349 e. The maximum Gasteiger partial charge on any atom is 0.227 e. The lowest BCUT2D eigenvalue weighted by Gasteiger charge is -2.19. The predicted molar refractivity (Wildman–Crippen MR) is 77.6 cm³/mol. The van der Waals surface area contributed by atoms with Crippen LogP contribution in [0.4, 0.5) is 5.69 Å². The lowest BCUT2D eigenvalue weighted by atomic mass is 10.1. The third-order valence-electron chi connectivity index (χ3n) is 4.31. The Morgan fingerprint density at radius 1 is 1.25 bits per heavy atom. The van der Waals surface area contributed by atoms with Crippen LogP contribution in [0.5, 0.6) is 0 Å². The van der Waals surface area contributed by atoms with E-state index in [2.05, 4.69) is 12.1 Å². The van der Waals surface area contributed by atoms with Gasteiger partial charge in [0.2, 0.25) is 11.8 Å². The highest BCUT2D eigenvalue weighted by molar-refractivity contribution is 6.00. The summed E-state index contributed by atoms with van der Waals surface area (Å²) in [5.41, 5.74) is 3.71. The number of anilines is 1. The first kappa shape index (κ1) is 13.2. The lowest BCUT2D eigenvalue weighted by Crippen LogP contribution is -2.32. The van der Waals surface area contributed by atoms with Crippen LogP contribution in [0.1, 0.15) is 24.0 Å². The first-order valence-electron chi connectivity index (χ1n) is 7.19. The van der Waals surface area contributed by atoms with E-state index < -0.39 is 0 Å². The molecule has 1 saturated heterocycles. The minimum absolute atomic E-state index is 0.0435. The van der Waals surface area contributed by atoms with Gasteiger partial charge in [0, 0.05) is 32.7 Å². The van der Waals surface area contributed by atoms with Crippen molar-refractivity contribution in [3.8, 4) is 0 Å². The van der Waals surface area contributed by atoms with Gasteiger partial charge in [-0.05, 0) is 42.5 Å². The van der Waals surface area contributed by atoms with E-state index >= 15 is 0 Å². The monoisotopic (exact) mass is 272 g/mol. The molecule has 1 aromatic carbocycles. The Bertz CT molecular complexity index is 566. The zero-order valence-electron chi connectivity index (χ0n) is 12.1. The number of carbonyl (C=O) groups excluding carboxylic acids is 2. The quantitative estimate of drug-likeness (QED) is 0.821. The van der Waals surface area contributed by atoms with Crippen molar-refractivity contribution in [2.75, 3.05) is 25.5 Å². The zero-order valence-corrected chi connectivity index (χ0v) is 12.1. The van der Waals surface area contributed by atoms with Crippen LogP contribution < -0.4 is 4.90 Å². The number of rotatable bonds is 2. The minimum atomic E-state index is -0.203. The fourth-order valence-electron chi connectivity index (χ4n) is 3.21. The van der Waals surface area contributed by atoms with E-state index in [-0.39, 0.29) is 17.7 Å². The highest BCUT2D eigenvalue weighted by Gasteiger charge is 2.36. The SMILES string of the molecule is CN(C)C(=O)C1CC(=O)N(c2ccc3c(c2)CCC3)C1. The van der Waals surface area contributed by atoms with E-state index in [1.807, 2.05) is 6.07 Å². The Morgan fingerprint density at radius 3 is 2.75 bits per heavy atom. The van der Waals surface area contributed by atoms with Crippen LogP contribution in [0, 0.1) is 5.92 Å². The van der Waals surface area contributed by atoms with Gasteiger partial charge >= 0.3 is 0 Å². The van der Waals surface area contributed by atoms with Gasteiger partial charge in [-0.2, -0.15) is 0 Å². The van der Waals surface area contributed by atoms with Gasteiger partial charge in [-0.3, -0.25) is 9.59 Å². The average molecular weight is 272 g/mol. The molecule has 1 atom stereocenters. The van der Waals surface area contributed by atoms with Crippen LogP contribution in [-0.2, 0) is 22.4 Å². The average Bonchev–Trinajstić information content (AvgIpc) is 3.02. The standard InChI is InChI=1S/C16H20N2O2/c1-17(2)16(20)13-9-15(19)18(10-13)14-7-6-11-4-3-5-12(11)8-14/h6-8,13H,3-5,9-10H2,1-2H3. The second kappa shape index (κ2) is 4.93. The Balaban J connectivity index is 1.81. The molecule has 1 aliphatic heterocycles. The zero-order chi connectivity index (χ0) is 14.3. The van der Waals surface area contributed by atoms with Gasteiger partial charge in [-0.1, -0.05) is 6.07 Å². The van der Waals surface area contributed by atoms with Gasteiger partial charge < -0.3 is 9.80 Å². The van der Waals surface area contributed by atoms with Gasteiger partial charge in [0.25, 0.3) is 0 Å². The molecular weight excluding hydrogens is 252 g/mol. The molecule has 4 nitrogen and oxygen atoms in total. The van der Waals surface area contributed by atoms with Crippen LogP contribution in [0.25, 0.3) is 0 Å². The second-order valence-electron chi connectivity index (χ2n) is 5.94. The maximum atomic E-state index is 12.2. The maximum absolute atomic E-state index is 12.2. The van der Waals surface area contributed by atoms with Gasteiger partial charge in [0.05, 0.1) is 5.92 Å². The summed E-state index contributed by atoms with van der Waals surface area (Å²) in [6, 6.07) is 6.28. The van der Waals surface area contributed by atoms with Crippen molar-refractivity contribution >= 4 is 17.5 Å². The Labute approximate surface area is 119 Å². The first-order chi connectivity index (χ1) is 9.56. The van der Waals surface area contributed by atoms with Crippen LogP contribution in [0.2, 0.25) is 0 Å². The van der Waals surface area contributed by atoms with Gasteiger partial charge in [0.15, 0.2) is 0 Å². The normalized spacial score (nSPS) is 21.2. The number of aryl methyl sites for hydroxylation is 2. The molecule has 0 radical (unpaired) electrons. The van der Waals surface area contributed by atoms with E-state index in [9.17, 15) is 9.59 Å². The molecule has 0 spiro atoms. The van der Waals surface area contributed by atoms with Crippen molar-refractivity contribution in [1.82, 2.24) is 4.90 Å². The fraction of sp³-hybridized carbons (Fsp3) is 0.500. The summed E-state index contributed by atoms with van der Waals surface area (Å²) < 4.78 is 0. The van der Waals surface area contributed by atoms with Crippen LogP contribution in [0.3, 0.4) is 0 Å². The molecule has 2 aliphatic rings. The summed E-state index contributed by atoms with van der Waals surface area (Å²) >= 11 is 0. The van der Waals surface area contributed by atoms with Crippen LogP contribution in [-0.4, -0.2) is 37.4 Å². The molecule has 106 valence electrons. The summed E-state index contributed by atoms with van der Waals surface area (Å²) in [4.78, 5) is 27.5. The van der Waals surface area contributed by atoms with E-state index in [1.165, 1.54) is 17.5 Å². The third-order valence-corrected chi connectivity index (χ3v) is 4.31. The fourth-order valence-corrected chi connectivity index (χ4v) is 3.21. The van der Waals surface area contributed by atoms with E-state index in [0.29, 0.717) is 13.0 Å². The Hall–Kier alpha value is -1.84. The molecule has 1 aromatic rings. The number of benzene rings is 1. The molecule has 20 heavy (non-hydrogen) atoms. The molecule has 2 amide bonds. The molecule has 1 heterocycles. The number of hydrogen-bond donors (Lipinski definition) is 0. The Morgan fingerprint density at radius 2 is 2.00 bits per heavy atom. The highest BCUT2D eigenvalue weighted by Crippen LogP contribution is 2.30. The molecule has 4 heteroatoms. The molecule has 1 aliphatic carbocycles. The summed E-state index contributed by atoms with van der Waals surface area (Å²) in [5.74, 6) is -0.101. The van der Waals surface area contributed by atoms with Crippen molar-refractivity contribution < 1.29 is 9.59 Å².